The Morgan fingerprint density at radius 3 is 2.55 bits per heavy atom. The fraction of sp³-hybridized carbons (Fsp3) is 0.533. The molecule has 1 atom stereocenters. The van der Waals surface area contributed by atoms with E-state index in [4.69, 9.17) is 9.47 Å². The molecule has 0 bridgehead atoms. The third kappa shape index (κ3) is 4.91. The molecule has 1 saturated heterocycles. The summed E-state index contributed by atoms with van der Waals surface area (Å²) in [5.41, 5.74) is 0. The van der Waals surface area contributed by atoms with Crippen molar-refractivity contribution in [1.82, 2.24) is 5.32 Å². The molecule has 1 fully saturated rings. The molecule has 1 aliphatic heterocycles. The van der Waals surface area contributed by atoms with Crippen molar-refractivity contribution < 1.29 is 22.7 Å². The molecule has 1 aromatic rings. The number of benzene rings is 1. The second-order valence-corrected chi connectivity index (χ2v) is 7.48. The molecule has 1 aliphatic rings. The average molecular weight is 327 g/mol. The van der Waals surface area contributed by atoms with Gasteiger partial charge in [-0.1, -0.05) is 19.1 Å². The lowest BCUT2D eigenvalue weighted by Crippen LogP contribution is -2.38. The van der Waals surface area contributed by atoms with Crippen LogP contribution in [0.3, 0.4) is 0 Å². The van der Waals surface area contributed by atoms with Crippen molar-refractivity contribution in [1.29, 1.82) is 0 Å². The van der Waals surface area contributed by atoms with Crippen molar-refractivity contribution in [3.05, 3.63) is 24.3 Å². The minimum absolute atomic E-state index is 0.00887. The number of ether oxygens (including phenoxy) is 2. The van der Waals surface area contributed by atoms with Gasteiger partial charge in [-0.05, 0) is 25.0 Å². The first-order valence-corrected chi connectivity index (χ1v) is 9.16. The Morgan fingerprint density at radius 1 is 1.27 bits per heavy atom. The summed E-state index contributed by atoms with van der Waals surface area (Å²) >= 11 is 0. The fourth-order valence-electron chi connectivity index (χ4n) is 2.22. The standard InChI is InChI=1S/C15H21NO5S/c1-2-8-20-13-5-3-4-6-14(13)21-10-15(17)16-12-7-9-22(18,19)11-12/h3-6,12H,2,7-11H2,1H3,(H,16,17). The summed E-state index contributed by atoms with van der Waals surface area (Å²) in [5, 5.41) is 2.68. The first-order valence-electron chi connectivity index (χ1n) is 7.34. The van der Waals surface area contributed by atoms with E-state index in [1.807, 2.05) is 13.0 Å². The Morgan fingerprint density at radius 2 is 1.95 bits per heavy atom. The molecule has 0 spiro atoms. The maximum atomic E-state index is 11.8. The highest BCUT2D eigenvalue weighted by Crippen LogP contribution is 2.26. The number of para-hydroxylation sites is 2. The Bertz CT molecular complexity index is 614. The lowest BCUT2D eigenvalue weighted by Gasteiger charge is -2.14. The Kier molecular flexibility index (Phi) is 5.65. The van der Waals surface area contributed by atoms with E-state index < -0.39 is 9.84 Å². The molecule has 1 amide bonds. The van der Waals surface area contributed by atoms with Gasteiger partial charge in [-0.3, -0.25) is 4.79 Å². The quantitative estimate of drug-likeness (QED) is 0.812. The lowest BCUT2D eigenvalue weighted by atomic mass is 10.2. The van der Waals surface area contributed by atoms with Crippen LogP contribution in [-0.4, -0.2) is 45.1 Å². The van der Waals surface area contributed by atoms with Crippen LogP contribution in [0.15, 0.2) is 24.3 Å². The zero-order valence-corrected chi connectivity index (χ0v) is 13.4. The van der Waals surface area contributed by atoms with Crippen LogP contribution in [0.2, 0.25) is 0 Å². The molecule has 0 aliphatic carbocycles. The molecule has 0 radical (unpaired) electrons. The highest BCUT2D eigenvalue weighted by atomic mass is 32.2. The first-order chi connectivity index (χ1) is 10.5. The predicted molar refractivity (Wildman–Crippen MR) is 82.9 cm³/mol. The van der Waals surface area contributed by atoms with Crippen molar-refractivity contribution in [3.63, 3.8) is 0 Å². The number of nitrogens with one attached hydrogen (secondary N) is 1. The molecule has 0 saturated carbocycles. The van der Waals surface area contributed by atoms with Gasteiger partial charge in [0.25, 0.3) is 5.91 Å². The normalized spacial score (nSPS) is 19.6. The van der Waals surface area contributed by atoms with Gasteiger partial charge < -0.3 is 14.8 Å². The second-order valence-electron chi connectivity index (χ2n) is 5.25. The van der Waals surface area contributed by atoms with Gasteiger partial charge >= 0.3 is 0 Å². The molecule has 22 heavy (non-hydrogen) atoms. The van der Waals surface area contributed by atoms with Gasteiger partial charge in [0.15, 0.2) is 27.9 Å². The third-order valence-corrected chi connectivity index (χ3v) is 5.04. The Balaban J connectivity index is 1.84. The Hall–Kier alpha value is -1.76. The van der Waals surface area contributed by atoms with E-state index in [1.165, 1.54) is 0 Å². The van der Waals surface area contributed by atoms with Crippen LogP contribution in [-0.2, 0) is 14.6 Å². The van der Waals surface area contributed by atoms with Gasteiger partial charge in [0.2, 0.25) is 0 Å². The summed E-state index contributed by atoms with van der Waals surface area (Å²) < 4.78 is 33.7. The highest BCUT2D eigenvalue weighted by molar-refractivity contribution is 7.91. The second kappa shape index (κ2) is 7.49. The van der Waals surface area contributed by atoms with Crippen molar-refractivity contribution >= 4 is 15.7 Å². The number of rotatable bonds is 7. The van der Waals surface area contributed by atoms with E-state index in [9.17, 15) is 13.2 Å². The van der Waals surface area contributed by atoms with Crippen LogP contribution in [0.5, 0.6) is 11.5 Å². The van der Waals surface area contributed by atoms with Crippen LogP contribution in [0.25, 0.3) is 0 Å². The predicted octanol–water partition coefficient (Wildman–Crippen LogP) is 1.16. The smallest absolute Gasteiger partial charge is 0.258 e. The van der Waals surface area contributed by atoms with E-state index in [0.717, 1.165) is 6.42 Å². The minimum atomic E-state index is -3.00. The maximum Gasteiger partial charge on any atom is 0.258 e. The molecular weight excluding hydrogens is 306 g/mol. The van der Waals surface area contributed by atoms with Gasteiger partial charge in [-0.2, -0.15) is 0 Å². The zero-order chi connectivity index (χ0) is 16.0. The van der Waals surface area contributed by atoms with E-state index in [0.29, 0.717) is 24.5 Å². The van der Waals surface area contributed by atoms with Crippen LogP contribution in [0.1, 0.15) is 19.8 Å². The highest BCUT2D eigenvalue weighted by Gasteiger charge is 2.28. The van der Waals surface area contributed by atoms with Crippen molar-refractivity contribution in [2.75, 3.05) is 24.7 Å². The zero-order valence-electron chi connectivity index (χ0n) is 12.6. The van der Waals surface area contributed by atoms with Crippen molar-refractivity contribution in [2.45, 2.75) is 25.8 Å². The third-order valence-electron chi connectivity index (χ3n) is 3.27. The molecule has 7 heteroatoms. The minimum Gasteiger partial charge on any atom is -0.490 e. The SMILES string of the molecule is CCCOc1ccccc1OCC(=O)NC1CCS(=O)(=O)C1. The molecule has 1 N–H and O–H groups in total. The number of hydrogen-bond acceptors (Lipinski definition) is 5. The first kappa shape index (κ1) is 16.6. The summed E-state index contributed by atoms with van der Waals surface area (Å²) in [7, 11) is -3.00. The molecule has 1 heterocycles. The van der Waals surface area contributed by atoms with Crippen molar-refractivity contribution in [3.8, 4) is 11.5 Å². The van der Waals surface area contributed by atoms with Gasteiger partial charge in [-0.25, -0.2) is 8.42 Å². The van der Waals surface area contributed by atoms with Gasteiger partial charge in [-0.15, -0.1) is 0 Å². The van der Waals surface area contributed by atoms with Gasteiger partial charge in [0, 0.05) is 6.04 Å². The van der Waals surface area contributed by atoms with Crippen molar-refractivity contribution in [2.24, 2.45) is 0 Å². The number of amides is 1. The summed E-state index contributed by atoms with van der Waals surface area (Å²) in [6.45, 7) is 2.42. The number of carbonyl (C=O) groups is 1. The van der Waals surface area contributed by atoms with Gasteiger partial charge in [0.05, 0.1) is 18.1 Å². The fourth-order valence-corrected chi connectivity index (χ4v) is 3.90. The summed E-state index contributed by atoms with van der Waals surface area (Å²) in [6, 6.07) is 6.84. The molecule has 1 unspecified atom stereocenters. The molecule has 0 aromatic heterocycles. The van der Waals surface area contributed by atoms with E-state index in [-0.39, 0.29) is 30.1 Å². The van der Waals surface area contributed by atoms with E-state index >= 15 is 0 Å². The summed E-state index contributed by atoms with van der Waals surface area (Å²) in [5.74, 6) is 0.916. The topological polar surface area (TPSA) is 81.7 Å². The van der Waals surface area contributed by atoms with Crippen LogP contribution < -0.4 is 14.8 Å². The average Bonchev–Trinajstić information content (AvgIpc) is 2.82. The summed E-state index contributed by atoms with van der Waals surface area (Å²) in [6.07, 6.45) is 1.34. The molecule has 122 valence electrons. The van der Waals surface area contributed by atoms with Crippen LogP contribution in [0, 0.1) is 0 Å². The van der Waals surface area contributed by atoms with Crippen LogP contribution in [0.4, 0.5) is 0 Å². The van der Waals surface area contributed by atoms with Gasteiger partial charge in [0.1, 0.15) is 0 Å². The van der Waals surface area contributed by atoms with E-state index in [2.05, 4.69) is 5.32 Å². The summed E-state index contributed by atoms with van der Waals surface area (Å²) in [4.78, 5) is 11.8. The molecule has 2 rings (SSSR count). The maximum absolute atomic E-state index is 11.8. The lowest BCUT2D eigenvalue weighted by molar-refractivity contribution is -0.123. The number of sulfone groups is 1. The largest absolute Gasteiger partial charge is 0.490 e. The Labute approximate surface area is 130 Å². The molecular formula is C15H21NO5S. The molecule has 6 nitrogen and oxygen atoms in total. The van der Waals surface area contributed by atoms with E-state index in [1.54, 1.807) is 18.2 Å². The number of hydrogen-bond donors (Lipinski definition) is 1. The molecule has 1 aromatic carbocycles. The van der Waals surface area contributed by atoms with Crippen LogP contribution >= 0.6 is 0 Å². The number of carbonyl (C=O) groups excluding carboxylic acids is 1. The monoisotopic (exact) mass is 327 g/mol.